The monoisotopic (exact) mass is 412 g/mol. The van der Waals surface area contributed by atoms with Crippen LogP contribution in [0.1, 0.15) is 39.0 Å². The lowest BCUT2D eigenvalue weighted by Crippen LogP contribution is -2.36. The summed E-state index contributed by atoms with van der Waals surface area (Å²) in [5.74, 6) is -1.54. The van der Waals surface area contributed by atoms with Crippen LogP contribution in [0.2, 0.25) is 10.0 Å². The van der Waals surface area contributed by atoms with Gasteiger partial charge in [0, 0.05) is 24.0 Å². The molecule has 27 heavy (non-hydrogen) atoms. The number of nitrogens with one attached hydrogen (secondary N) is 1. The largest absolute Gasteiger partial charge is 0.452 e. The summed E-state index contributed by atoms with van der Waals surface area (Å²) in [5, 5.41) is 3.36. The topological polar surface area (TPSA) is 75.7 Å². The minimum Gasteiger partial charge on any atom is -0.452 e. The Balaban J connectivity index is 1.54. The molecule has 1 heterocycles. The Morgan fingerprint density at radius 2 is 1.96 bits per heavy atom. The molecule has 2 aliphatic rings. The first-order chi connectivity index (χ1) is 12.8. The van der Waals surface area contributed by atoms with Gasteiger partial charge in [0.15, 0.2) is 6.10 Å². The predicted molar refractivity (Wildman–Crippen MR) is 103 cm³/mol. The number of carbonyl (C=O) groups is 3. The molecule has 1 aliphatic carbocycles. The van der Waals surface area contributed by atoms with Crippen molar-refractivity contribution in [3.05, 3.63) is 28.2 Å². The maximum absolute atomic E-state index is 12.4. The molecule has 1 aromatic rings. The average molecular weight is 413 g/mol. The maximum Gasteiger partial charge on any atom is 0.312 e. The SMILES string of the molecule is C[C@H](OC(=O)[C@@H]1CC(=O)N(C2CCCC2)C1)C(=O)Nc1ccc(Cl)cc1Cl. The number of nitrogens with zero attached hydrogens (tertiary/aromatic N) is 1. The molecule has 0 unspecified atom stereocenters. The van der Waals surface area contributed by atoms with E-state index in [9.17, 15) is 14.4 Å². The van der Waals surface area contributed by atoms with E-state index in [1.165, 1.54) is 13.0 Å². The standard InChI is InChI=1S/C19H22Cl2N2O4/c1-11(18(25)22-16-7-6-13(20)9-15(16)21)27-19(26)12-8-17(24)23(10-12)14-4-2-3-5-14/h6-7,9,11-12,14H,2-5,8,10H2,1H3,(H,22,25)/t11-,12+/m0/s1. The first-order valence-corrected chi connectivity index (χ1v) is 9.86. The number of hydrogen-bond donors (Lipinski definition) is 1. The van der Waals surface area contributed by atoms with E-state index in [0.717, 1.165) is 25.7 Å². The second kappa shape index (κ2) is 8.48. The molecule has 6 nitrogen and oxygen atoms in total. The Morgan fingerprint density at radius 3 is 2.63 bits per heavy atom. The molecule has 2 fully saturated rings. The fourth-order valence-electron chi connectivity index (χ4n) is 3.61. The van der Waals surface area contributed by atoms with Crippen LogP contribution >= 0.6 is 23.2 Å². The van der Waals surface area contributed by atoms with Crippen LogP contribution in [0.25, 0.3) is 0 Å². The number of ether oxygens (including phenoxy) is 1. The van der Waals surface area contributed by atoms with Crippen molar-refractivity contribution in [1.82, 2.24) is 4.90 Å². The van der Waals surface area contributed by atoms with Crippen molar-refractivity contribution in [1.29, 1.82) is 0 Å². The normalized spacial score (nSPS) is 21.4. The second-order valence-electron chi connectivity index (χ2n) is 7.08. The summed E-state index contributed by atoms with van der Waals surface area (Å²) in [7, 11) is 0. The van der Waals surface area contributed by atoms with Crippen molar-refractivity contribution in [3.63, 3.8) is 0 Å². The highest BCUT2D eigenvalue weighted by molar-refractivity contribution is 6.36. The van der Waals surface area contributed by atoms with Gasteiger partial charge in [0.2, 0.25) is 5.91 Å². The lowest BCUT2D eigenvalue weighted by molar-refractivity contribution is -0.157. The third-order valence-electron chi connectivity index (χ3n) is 5.11. The number of halogens is 2. The maximum atomic E-state index is 12.4. The number of benzene rings is 1. The highest BCUT2D eigenvalue weighted by Crippen LogP contribution is 2.30. The molecule has 1 aliphatic heterocycles. The molecule has 2 atom stereocenters. The van der Waals surface area contributed by atoms with E-state index >= 15 is 0 Å². The number of esters is 1. The lowest BCUT2D eigenvalue weighted by Gasteiger charge is -2.24. The van der Waals surface area contributed by atoms with Gasteiger partial charge in [0.25, 0.3) is 5.91 Å². The number of hydrogen-bond acceptors (Lipinski definition) is 4. The summed E-state index contributed by atoms with van der Waals surface area (Å²) in [5.41, 5.74) is 0.386. The number of amides is 2. The molecule has 8 heteroatoms. The number of carbonyl (C=O) groups excluding carboxylic acids is 3. The van der Waals surface area contributed by atoms with E-state index in [1.807, 2.05) is 0 Å². The van der Waals surface area contributed by atoms with Crippen LogP contribution in [0.4, 0.5) is 5.69 Å². The van der Waals surface area contributed by atoms with Gasteiger partial charge in [-0.15, -0.1) is 0 Å². The van der Waals surface area contributed by atoms with Crippen LogP contribution < -0.4 is 5.32 Å². The Hall–Kier alpha value is -1.79. The predicted octanol–water partition coefficient (Wildman–Crippen LogP) is 3.65. The quantitative estimate of drug-likeness (QED) is 0.748. The first-order valence-electron chi connectivity index (χ1n) is 9.11. The molecule has 0 radical (unpaired) electrons. The van der Waals surface area contributed by atoms with Gasteiger partial charge in [0.1, 0.15) is 0 Å². The number of rotatable bonds is 5. The molecule has 1 saturated carbocycles. The van der Waals surface area contributed by atoms with E-state index < -0.39 is 23.9 Å². The second-order valence-corrected chi connectivity index (χ2v) is 7.92. The smallest absolute Gasteiger partial charge is 0.312 e. The van der Waals surface area contributed by atoms with Crippen LogP contribution in [0, 0.1) is 5.92 Å². The van der Waals surface area contributed by atoms with E-state index in [4.69, 9.17) is 27.9 Å². The van der Waals surface area contributed by atoms with Crippen molar-refractivity contribution in [2.75, 3.05) is 11.9 Å². The Labute approximate surface area is 168 Å². The molecule has 1 aromatic carbocycles. The fraction of sp³-hybridized carbons (Fsp3) is 0.526. The van der Waals surface area contributed by atoms with Crippen molar-refractivity contribution in [2.24, 2.45) is 5.92 Å². The third kappa shape index (κ3) is 4.74. The minimum absolute atomic E-state index is 0.00565. The highest BCUT2D eigenvalue weighted by Gasteiger charge is 2.40. The summed E-state index contributed by atoms with van der Waals surface area (Å²) in [6, 6.07) is 4.92. The summed E-state index contributed by atoms with van der Waals surface area (Å²) in [4.78, 5) is 38.7. The third-order valence-corrected chi connectivity index (χ3v) is 5.66. The Kier molecular flexibility index (Phi) is 6.27. The van der Waals surface area contributed by atoms with Crippen LogP contribution in [0.5, 0.6) is 0 Å². The van der Waals surface area contributed by atoms with Gasteiger partial charge in [-0.2, -0.15) is 0 Å². The van der Waals surface area contributed by atoms with Gasteiger partial charge in [-0.1, -0.05) is 36.0 Å². The summed E-state index contributed by atoms with van der Waals surface area (Å²) < 4.78 is 5.29. The zero-order chi connectivity index (χ0) is 19.6. The summed E-state index contributed by atoms with van der Waals surface area (Å²) >= 11 is 11.9. The first kappa shape index (κ1) is 20.0. The van der Waals surface area contributed by atoms with Gasteiger partial charge in [-0.3, -0.25) is 14.4 Å². The van der Waals surface area contributed by atoms with Gasteiger partial charge in [-0.25, -0.2) is 0 Å². The molecule has 2 amide bonds. The molecule has 0 bridgehead atoms. The van der Waals surface area contributed by atoms with E-state index in [-0.39, 0.29) is 18.4 Å². The van der Waals surface area contributed by atoms with Gasteiger partial charge in [0.05, 0.1) is 16.6 Å². The molecular weight excluding hydrogens is 391 g/mol. The zero-order valence-electron chi connectivity index (χ0n) is 15.0. The van der Waals surface area contributed by atoms with Crippen LogP contribution in [-0.4, -0.2) is 41.4 Å². The van der Waals surface area contributed by atoms with Crippen molar-refractivity contribution in [2.45, 2.75) is 51.2 Å². The average Bonchev–Trinajstić information content (AvgIpc) is 3.26. The molecule has 1 N–H and O–H groups in total. The van der Waals surface area contributed by atoms with Crippen LogP contribution in [0.3, 0.4) is 0 Å². The number of likely N-dealkylation sites (tertiary alicyclic amines) is 1. The highest BCUT2D eigenvalue weighted by atomic mass is 35.5. The van der Waals surface area contributed by atoms with Gasteiger partial charge in [-0.05, 0) is 38.0 Å². The van der Waals surface area contributed by atoms with E-state index in [0.29, 0.717) is 22.3 Å². The van der Waals surface area contributed by atoms with Crippen molar-refractivity contribution >= 4 is 46.7 Å². The molecule has 3 rings (SSSR count). The Morgan fingerprint density at radius 1 is 1.26 bits per heavy atom. The van der Waals surface area contributed by atoms with E-state index in [1.54, 1.807) is 17.0 Å². The Bertz CT molecular complexity index is 749. The summed E-state index contributed by atoms with van der Waals surface area (Å²) in [6.07, 6.45) is 3.37. The van der Waals surface area contributed by atoms with Crippen LogP contribution in [-0.2, 0) is 19.1 Å². The molecule has 0 aromatic heterocycles. The van der Waals surface area contributed by atoms with Crippen molar-refractivity contribution < 1.29 is 19.1 Å². The van der Waals surface area contributed by atoms with Crippen molar-refractivity contribution in [3.8, 4) is 0 Å². The zero-order valence-corrected chi connectivity index (χ0v) is 16.6. The minimum atomic E-state index is -1.00. The molecule has 146 valence electrons. The summed E-state index contributed by atoms with van der Waals surface area (Å²) in [6.45, 7) is 1.86. The lowest BCUT2D eigenvalue weighted by atomic mass is 10.1. The van der Waals surface area contributed by atoms with E-state index in [2.05, 4.69) is 5.32 Å². The molecule has 0 spiro atoms. The molecule has 1 saturated heterocycles. The fourth-order valence-corrected chi connectivity index (χ4v) is 4.06. The van der Waals surface area contributed by atoms with Gasteiger partial charge >= 0.3 is 5.97 Å². The van der Waals surface area contributed by atoms with Gasteiger partial charge < -0.3 is 15.0 Å². The number of anilines is 1. The molecular formula is C19H22Cl2N2O4. The van der Waals surface area contributed by atoms with Crippen LogP contribution in [0.15, 0.2) is 18.2 Å².